The molecule has 0 unspecified atom stereocenters. The van der Waals surface area contributed by atoms with E-state index >= 15 is 0 Å². The van der Waals surface area contributed by atoms with Crippen molar-refractivity contribution in [1.82, 2.24) is 0 Å². The summed E-state index contributed by atoms with van der Waals surface area (Å²) in [5.74, 6) is -0.110. The van der Waals surface area contributed by atoms with Crippen LogP contribution in [0, 0.1) is 0 Å². The molecule has 0 spiro atoms. The van der Waals surface area contributed by atoms with Gasteiger partial charge in [-0.25, -0.2) is 0 Å². The van der Waals surface area contributed by atoms with Crippen molar-refractivity contribution >= 4 is 17.3 Å². The Morgan fingerprint density at radius 2 is 2.04 bits per heavy atom. The van der Waals surface area contributed by atoms with Crippen molar-refractivity contribution in [3.63, 3.8) is 0 Å². The summed E-state index contributed by atoms with van der Waals surface area (Å²) < 4.78 is 11.0. The Morgan fingerprint density at radius 1 is 1.21 bits per heavy atom. The first-order valence-electron chi connectivity index (χ1n) is 9.15. The van der Waals surface area contributed by atoms with Crippen molar-refractivity contribution in [2.45, 2.75) is 44.6 Å². The van der Waals surface area contributed by atoms with Gasteiger partial charge in [0.2, 0.25) is 5.91 Å². The van der Waals surface area contributed by atoms with E-state index in [0.29, 0.717) is 6.61 Å². The molecule has 0 aliphatic carbocycles. The van der Waals surface area contributed by atoms with Crippen molar-refractivity contribution in [3.05, 3.63) is 24.3 Å². The number of benzene rings is 1. The van der Waals surface area contributed by atoms with Crippen molar-refractivity contribution in [1.29, 1.82) is 0 Å². The van der Waals surface area contributed by atoms with Crippen molar-refractivity contribution in [2.24, 2.45) is 0 Å². The summed E-state index contributed by atoms with van der Waals surface area (Å²) in [6, 6.07) is 8.11. The fourth-order valence-corrected chi connectivity index (χ4v) is 3.37. The van der Waals surface area contributed by atoms with E-state index in [4.69, 9.17) is 9.47 Å². The van der Waals surface area contributed by atoms with Gasteiger partial charge in [-0.1, -0.05) is 18.9 Å². The SMILES string of the molecule is O=C(COC[C@@H]1CCCO1)Nc1cccc(N2CCCCCC2)c1. The molecule has 5 heteroatoms. The lowest BCUT2D eigenvalue weighted by Crippen LogP contribution is -2.24. The molecule has 0 radical (unpaired) electrons. The maximum absolute atomic E-state index is 12.0. The second-order valence-electron chi connectivity index (χ2n) is 6.65. The number of hydrogen-bond acceptors (Lipinski definition) is 4. The molecule has 1 N–H and O–H groups in total. The zero-order valence-corrected chi connectivity index (χ0v) is 14.3. The number of hydrogen-bond donors (Lipinski definition) is 1. The van der Waals surface area contributed by atoms with E-state index in [9.17, 15) is 4.79 Å². The number of carbonyl (C=O) groups is 1. The molecule has 0 bridgehead atoms. The molecule has 2 saturated heterocycles. The highest BCUT2D eigenvalue weighted by atomic mass is 16.5. The van der Waals surface area contributed by atoms with Crippen LogP contribution in [0.3, 0.4) is 0 Å². The number of nitrogens with one attached hydrogen (secondary N) is 1. The van der Waals surface area contributed by atoms with E-state index in [1.807, 2.05) is 12.1 Å². The van der Waals surface area contributed by atoms with E-state index in [1.54, 1.807) is 0 Å². The van der Waals surface area contributed by atoms with Gasteiger partial charge in [0.05, 0.1) is 12.7 Å². The molecule has 2 aliphatic rings. The van der Waals surface area contributed by atoms with E-state index in [1.165, 1.54) is 31.4 Å². The van der Waals surface area contributed by atoms with Gasteiger partial charge < -0.3 is 19.7 Å². The van der Waals surface area contributed by atoms with Crippen LogP contribution in [0.1, 0.15) is 38.5 Å². The summed E-state index contributed by atoms with van der Waals surface area (Å²) in [5, 5.41) is 2.93. The lowest BCUT2D eigenvalue weighted by molar-refractivity contribution is -0.121. The Balaban J connectivity index is 1.47. The molecule has 2 fully saturated rings. The molecule has 0 aromatic heterocycles. The van der Waals surface area contributed by atoms with Gasteiger partial charge in [-0.15, -0.1) is 0 Å². The van der Waals surface area contributed by atoms with Crippen LogP contribution in [0.15, 0.2) is 24.3 Å². The van der Waals surface area contributed by atoms with Gasteiger partial charge in [-0.05, 0) is 43.9 Å². The standard InChI is InChI=1S/C19H28N2O3/c22-19(15-23-14-18-9-6-12-24-18)20-16-7-5-8-17(13-16)21-10-3-1-2-4-11-21/h5,7-8,13,18H,1-4,6,9-12,14-15H2,(H,20,22)/t18-/m0/s1. The molecule has 1 amide bonds. The van der Waals surface area contributed by atoms with E-state index in [2.05, 4.69) is 22.3 Å². The van der Waals surface area contributed by atoms with Gasteiger partial charge in [0, 0.05) is 31.1 Å². The molecule has 0 saturated carbocycles. The Kier molecular flexibility index (Phi) is 6.49. The summed E-state index contributed by atoms with van der Waals surface area (Å²) in [7, 11) is 0. The number of ether oxygens (including phenoxy) is 2. The van der Waals surface area contributed by atoms with Crippen LogP contribution in [0.4, 0.5) is 11.4 Å². The lowest BCUT2D eigenvalue weighted by atomic mass is 10.2. The summed E-state index contributed by atoms with van der Waals surface area (Å²) in [6.07, 6.45) is 7.39. The van der Waals surface area contributed by atoms with E-state index in [0.717, 1.165) is 38.2 Å². The monoisotopic (exact) mass is 332 g/mol. The quantitative estimate of drug-likeness (QED) is 0.869. The molecule has 3 rings (SSSR count). The number of carbonyl (C=O) groups excluding carboxylic acids is 1. The third-order valence-electron chi connectivity index (χ3n) is 4.66. The number of nitrogens with zero attached hydrogens (tertiary/aromatic N) is 1. The normalized spacial score (nSPS) is 21.5. The third-order valence-corrected chi connectivity index (χ3v) is 4.66. The number of amides is 1. The first kappa shape index (κ1) is 17.2. The smallest absolute Gasteiger partial charge is 0.250 e. The van der Waals surface area contributed by atoms with Crippen molar-refractivity contribution < 1.29 is 14.3 Å². The molecule has 1 aromatic rings. The minimum atomic E-state index is -0.110. The van der Waals surface area contributed by atoms with Crippen LogP contribution in [0.25, 0.3) is 0 Å². The van der Waals surface area contributed by atoms with Crippen LogP contribution in [-0.2, 0) is 14.3 Å². The van der Waals surface area contributed by atoms with Gasteiger partial charge in [-0.3, -0.25) is 4.79 Å². The Morgan fingerprint density at radius 3 is 2.79 bits per heavy atom. The molecule has 5 nitrogen and oxygen atoms in total. The van der Waals surface area contributed by atoms with Crippen molar-refractivity contribution in [3.8, 4) is 0 Å². The predicted molar refractivity (Wildman–Crippen MR) is 95.5 cm³/mol. The molecular formula is C19H28N2O3. The first-order valence-corrected chi connectivity index (χ1v) is 9.15. The van der Waals surface area contributed by atoms with Gasteiger partial charge in [0.15, 0.2) is 0 Å². The van der Waals surface area contributed by atoms with Gasteiger partial charge in [0.1, 0.15) is 6.61 Å². The maximum Gasteiger partial charge on any atom is 0.250 e. The zero-order chi connectivity index (χ0) is 16.6. The van der Waals surface area contributed by atoms with Crippen molar-refractivity contribution in [2.75, 3.05) is 43.1 Å². The summed E-state index contributed by atoms with van der Waals surface area (Å²) in [6.45, 7) is 3.59. The second-order valence-corrected chi connectivity index (χ2v) is 6.65. The van der Waals surface area contributed by atoms with Gasteiger partial charge in [-0.2, -0.15) is 0 Å². The fraction of sp³-hybridized carbons (Fsp3) is 0.632. The molecule has 2 heterocycles. The summed E-state index contributed by atoms with van der Waals surface area (Å²) in [5.41, 5.74) is 2.03. The molecule has 1 aromatic carbocycles. The molecule has 2 aliphatic heterocycles. The number of rotatable bonds is 6. The maximum atomic E-state index is 12.0. The average molecular weight is 332 g/mol. The molecule has 1 atom stereocenters. The van der Waals surface area contributed by atoms with Crippen LogP contribution < -0.4 is 10.2 Å². The van der Waals surface area contributed by atoms with Crippen LogP contribution in [0.2, 0.25) is 0 Å². The molecule has 132 valence electrons. The van der Waals surface area contributed by atoms with Crippen LogP contribution in [0.5, 0.6) is 0 Å². The van der Waals surface area contributed by atoms with Gasteiger partial charge in [0.25, 0.3) is 0 Å². The number of anilines is 2. The zero-order valence-electron chi connectivity index (χ0n) is 14.3. The highest BCUT2D eigenvalue weighted by Crippen LogP contribution is 2.22. The summed E-state index contributed by atoms with van der Waals surface area (Å²) >= 11 is 0. The average Bonchev–Trinajstić information content (AvgIpc) is 2.95. The largest absolute Gasteiger partial charge is 0.376 e. The summed E-state index contributed by atoms with van der Waals surface area (Å²) in [4.78, 5) is 14.5. The van der Waals surface area contributed by atoms with Gasteiger partial charge >= 0.3 is 0 Å². The first-order chi connectivity index (χ1) is 11.8. The minimum absolute atomic E-state index is 0.0772. The van der Waals surface area contributed by atoms with E-state index in [-0.39, 0.29) is 18.6 Å². The topological polar surface area (TPSA) is 50.8 Å². The minimum Gasteiger partial charge on any atom is -0.376 e. The second kappa shape index (κ2) is 9.04. The highest BCUT2D eigenvalue weighted by molar-refractivity contribution is 5.92. The third kappa shape index (κ3) is 5.21. The highest BCUT2D eigenvalue weighted by Gasteiger charge is 2.16. The molecule has 24 heavy (non-hydrogen) atoms. The Hall–Kier alpha value is -1.59. The predicted octanol–water partition coefficient (Wildman–Crippen LogP) is 3.20. The Labute approximate surface area is 144 Å². The van der Waals surface area contributed by atoms with E-state index < -0.39 is 0 Å². The lowest BCUT2D eigenvalue weighted by Gasteiger charge is -2.23. The van der Waals surface area contributed by atoms with Crippen LogP contribution in [-0.4, -0.2) is 44.9 Å². The van der Waals surface area contributed by atoms with Crippen LogP contribution >= 0.6 is 0 Å². The molecular weight excluding hydrogens is 304 g/mol. The fourth-order valence-electron chi connectivity index (χ4n) is 3.37. The Bertz CT molecular complexity index is 521.